The molecule has 0 spiro atoms. The minimum atomic E-state index is -1.10. The Hall–Kier alpha value is -2.03. The number of carbonyl (C=O) groups is 1. The van der Waals surface area contributed by atoms with E-state index in [-0.39, 0.29) is 5.56 Å². The van der Waals surface area contributed by atoms with E-state index < -0.39 is 5.97 Å². The molecule has 0 aromatic heterocycles. The van der Waals surface area contributed by atoms with Gasteiger partial charge in [0.2, 0.25) is 0 Å². The van der Waals surface area contributed by atoms with Crippen molar-refractivity contribution in [3.8, 4) is 0 Å². The van der Waals surface area contributed by atoms with E-state index in [0.29, 0.717) is 23.8 Å². The van der Waals surface area contributed by atoms with E-state index >= 15 is 0 Å². The normalized spacial score (nSPS) is 32.2. The van der Waals surface area contributed by atoms with Gasteiger partial charge in [0.1, 0.15) is 0 Å². The summed E-state index contributed by atoms with van der Waals surface area (Å²) in [6, 6.07) is 5.83. The Morgan fingerprint density at radius 3 is 2.86 bits per heavy atom. The van der Waals surface area contributed by atoms with Crippen LogP contribution in [0.25, 0.3) is 0 Å². The highest BCUT2D eigenvalue weighted by Crippen LogP contribution is 2.47. The zero-order chi connectivity index (χ0) is 15.1. The first-order valence-electron chi connectivity index (χ1n) is 8.17. The molecule has 0 bridgehead atoms. The highest BCUT2D eigenvalue weighted by atomic mass is 16.4. The lowest BCUT2D eigenvalue weighted by atomic mass is 9.72. The number of benzene rings is 1. The highest BCUT2D eigenvalue weighted by Gasteiger charge is 2.40. The van der Waals surface area contributed by atoms with Crippen LogP contribution in [0.4, 0.5) is 5.69 Å². The van der Waals surface area contributed by atoms with Crippen LogP contribution in [0.15, 0.2) is 42.5 Å². The van der Waals surface area contributed by atoms with Gasteiger partial charge in [-0.1, -0.05) is 30.4 Å². The average molecular weight is 294 g/mol. The number of carboxylic acids is 1. The number of anilines is 1. The molecule has 0 amide bonds. The summed E-state index contributed by atoms with van der Waals surface area (Å²) in [6.07, 6.45) is 13.7. The van der Waals surface area contributed by atoms with Crippen LogP contribution in [0.2, 0.25) is 0 Å². The molecule has 3 heteroatoms. The summed E-state index contributed by atoms with van der Waals surface area (Å²) < 4.78 is 0. The van der Waals surface area contributed by atoms with E-state index in [4.69, 9.17) is 0 Å². The second-order valence-corrected chi connectivity index (χ2v) is 6.66. The first kappa shape index (κ1) is 13.6. The van der Waals surface area contributed by atoms with Crippen LogP contribution in [0.3, 0.4) is 0 Å². The molecular weight excluding hydrogens is 274 g/mol. The topological polar surface area (TPSA) is 52.2 Å². The van der Waals surface area contributed by atoms with E-state index in [1.54, 1.807) is 12.1 Å². The molecule has 1 heterocycles. The van der Waals surface area contributed by atoms with E-state index in [1.807, 2.05) is 6.07 Å². The highest BCUT2D eigenvalue weighted by molar-refractivity contribution is 5.87. The molecule has 3 nitrogen and oxygen atoms in total. The Morgan fingerprint density at radius 2 is 2.09 bits per heavy atom. The number of hydrogen-bond donors (Lipinski definition) is 1. The van der Waals surface area contributed by atoms with Crippen LogP contribution in [0.5, 0.6) is 0 Å². The van der Waals surface area contributed by atoms with Gasteiger partial charge >= 0.3 is 0 Å². The molecule has 0 radical (unpaired) electrons. The van der Waals surface area contributed by atoms with Gasteiger partial charge in [-0.2, -0.15) is 0 Å². The lowest BCUT2D eigenvalue weighted by Gasteiger charge is -2.42. The van der Waals surface area contributed by atoms with Crippen molar-refractivity contribution in [2.75, 3.05) is 5.32 Å². The number of nitrogens with one attached hydrogen (secondary N) is 1. The maximum Gasteiger partial charge on any atom is 0.0715 e. The number of carbonyl (C=O) groups excluding carboxylic acids is 1. The summed E-state index contributed by atoms with van der Waals surface area (Å²) in [4.78, 5) is 11.1. The van der Waals surface area contributed by atoms with Crippen LogP contribution in [-0.2, 0) is 0 Å². The van der Waals surface area contributed by atoms with Crippen molar-refractivity contribution in [1.82, 2.24) is 0 Å². The summed E-state index contributed by atoms with van der Waals surface area (Å²) in [7, 11) is 0. The molecule has 0 saturated carbocycles. The zero-order valence-corrected chi connectivity index (χ0v) is 12.5. The first-order valence-corrected chi connectivity index (χ1v) is 8.17. The molecule has 0 fully saturated rings. The summed E-state index contributed by atoms with van der Waals surface area (Å²) in [6.45, 7) is 0. The van der Waals surface area contributed by atoms with E-state index in [9.17, 15) is 9.90 Å². The third-order valence-corrected chi connectivity index (χ3v) is 5.46. The van der Waals surface area contributed by atoms with Crippen molar-refractivity contribution < 1.29 is 9.90 Å². The monoisotopic (exact) mass is 294 g/mol. The molecular formula is C19H20NO2-. The van der Waals surface area contributed by atoms with Crippen molar-refractivity contribution in [3.05, 3.63) is 53.6 Å². The fraction of sp³-hybridized carbons (Fsp3) is 0.421. The van der Waals surface area contributed by atoms with Gasteiger partial charge in [0, 0.05) is 17.6 Å². The lowest BCUT2D eigenvalue weighted by Crippen LogP contribution is -2.42. The molecule has 1 aromatic carbocycles. The first-order chi connectivity index (χ1) is 10.7. The molecule has 114 valence electrons. The van der Waals surface area contributed by atoms with Crippen molar-refractivity contribution in [1.29, 1.82) is 0 Å². The van der Waals surface area contributed by atoms with Crippen LogP contribution in [0.1, 0.15) is 47.5 Å². The second kappa shape index (κ2) is 5.31. The van der Waals surface area contributed by atoms with Gasteiger partial charge in [-0.15, -0.1) is 0 Å². The molecule has 4 rings (SSSR count). The Balaban J connectivity index is 1.70. The van der Waals surface area contributed by atoms with Gasteiger partial charge in [-0.25, -0.2) is 0 Å². The third-order valence-electron chi connectivity index (χ3n) is 5.46. The third kappa shape index (κ3) is 2.16. The smallest absolute Gasteiger partial charge is 0.0715 e. The molecule has 1 aromatic rings. The number of allylic oxidation sites excluding steroid dienone is 4. The zero-order valence-electron chi connectivity index (χ0n) is 12.5. The molecule has 4 atom stereocenters. The van der Waals surface area contributed by atoms with Gasteiger partial charge in [-0.3, -0.25) is 0 Å². The average Bonchev–Trinajstić information content (AvgIpc) is 3.04. The van der Waals surface area contributed by atoms with E-state index in [1.165, 1.54) is 12.8 Å². The van der Waals surface area contributed by atoms with Gasteiger partial charge in [-0.05, 0) is 60.8 Å². The van der Waals surface area contributed by atoms with Crippen molar-refractivity contribution in [2.45, 2.75) is 37.6 Å². The molecule has 1 aliphatic heterocycles. The largest absolute Gasteiger partial charge is 0.545 e. The van der Waals surface area contributed by atoms with Crippen LogP contribution >= 0.6 is 0 Å². The number of fused-ring (bicyclic) bond motifs is 3. The summed E-state index contributed by atoms with van der Waals surface area (Å²) >= 11 is 0. The number of carboxylic acid groups (broad SMARTS) is 1. The summed E-state index contributed by atoms with van der Waals surface area (Å²) in [5.41, 5.74) is 2.49. The Labute approximate surface area is 130 Å². The predicted octanol–water partition coefficient (Wildman–Crippen LogP) is 2.86. The lowest BCUT2D eigenvalue weighted by molar-refractivity contribution is -0.255. The van der Waals surface area contributed by atoms with Gasteiger partial charge < -0.3 is 15.2 Å². The summed E-state index contributed by atoms with van der Waals surface area (Å²) in [5, 5.41) is 14.9. The van der Waals surface area contributed by atoms with Crippen molar-refractivity contribution in [2.24, 2.45) is 11.8 Å². The molecule has 1 N–H and O–H groups in total. The Bertz CT molecular complexity index is 661. The number of aromatic carboxylic acids is 1. The quantitative estimate of drug-likeness (QED) is 0.853. The van der Waals surface area contributed by atoms with Gasteiger partial charge in [0.05, 0.1) is 5.97 Å². The summed E-state index contributed by atoms with van der Waals surface area (Å²) in [5.74, 6) is 0.458. The SMILES string of the molecule is O=C([O-])c1ccc2c(c1)[C@@H]1C=CC[C@H]1[C@H]([C@H]1CC=CCC1)N2. The van der Waals surface area contributed by atoms with Crippen LogP contribution in [0, 0.1) is 11.8 Å². The minimum absolute atomic E-state index is 0.277. The van der Waals surface area contributed by atoms with E-state index in [2.05, 4.69) is 29.6 Å². The maximum atomic E-state index is 11.1. The standard InChI is InChI=1S/C19H21NO2/c21-19(22)13-9-10-17-16(11-13)14-7-4-8-15(14)18(20-17)12-5-2-1-3-6-12/h1-2,4,7,9-12,14-15,18,20H,3,5-6,8H2,(H,21,22)/p-1/t12-,14+,15+,18-/m0/s1. The fourth-order valence-corrected chi connectivity index (χ4v) is 4.37. The Morgan fingerprint density at radius 1 is 1.18 bits per heavy atom. The van der Waals surface area contributed by atoms with Crippen molar-refractivity contribution >= 4 is 11.7 Å². The molecule has 0 unspecified atom stereocenters. The molecule has 2 aliphatic carbocycles. The fourth-order valence-electron chi connectivity index (χ4n) is 4.37. The van der Waals surface area contributed by atoms with Crippen LogP contribution in [-0.4, -0.2) is 12.0 Å². The number of rotatable bonds is 2. The molecule has 0 saturated heterocycles. The second-order valence-electron chi connectivity index (χ2n) is 6.66. The maximum absolute atomic E-state index is 11.1. The van der Waals surface area contributed by atoms with Crippen LogP contribution < -0.4 is 10.4 Å². The number of hydrogen-bond acceptors (Lipinski definition) is 3. The van der Waals surface area contributed by atoms with Gasteiger partial charge in [0.15, 0.2) is 0 Å². The molecule has 3 aliphatic rings. The Kier molecular flexibility index (Phi) is 3.29. The van der Waals surface area contributed by atoms with E-state index in [0.717, 1.165) is 24.1 Å². The minimum Gasteiger partial charge on any atom is -0.545 e. The van der Waals surface area contributed by atoms with Crippen molar-refractivity contribution in [3.63, 3.8) is 0 Å². The molecule has 22 heavy (non-hydrogen) atoms. The van der Waals surface area contributed by atoms with Gasteiger partial charge in [0.25, 0.3) is 0 Å². The predicted molar refractivity (Wildman–Crippen MR) is 84.7 cm³/mol.